The van der Waals surface area contributed by atoms with Crippen LogP contribution in [0.25, 0.3) is 0 Å². The van der Waals surface area contributed by atoms with Crippen LogP contribution in [0.4, 0.5) is 0 Å². The molecule has 0 aliphatic heterocycles. The molecule has 1 aromatic carbocycles. The van der Waals surface area contributed by atoms with Gasteiger partial charge in [-0.3, -0.25) is 0 Å². The highest BCUT2D eigenvalue weighted by molar-refractivity contribution is 6.31. The topological polar surface area (TPSA) is 20.2 Å². The normalized spacial score (nSPS) is 31.5. The molecule has 1 fully saturated rings. The zero-order valence-electron chi connectivity index (χ0n) is 9.04. The zero-order chi connectivity index (χ0) is 10.9. The van der Waals surface area contributed by atoms with Gasteiger partial charge in [-0.1, -0.05) is 36.7 Å². The fourth-order valence-corrected chi connectivity index (χ4v) is 2.66. The molecule has 1 saturated carbocycles. The van der Waals surface area contributed by atoms with E-state index in [2.05, 4.69) is 6.92 Å². The third kappa shape index (κ3) is 2.19. The fraction of sp³-hybridized carbons (Fsp3) is 0.538. The van der Waals surface area contributed by atoms with Gasteiger partial charge in [-0.25, -0.2) is 0 Å². The van der Waals surface area contributed by atoms with Crippen molar-refractivity contribution in [2.75, 3.05) is 0 Å². The van der Waals surface area contributed by atoms with E-state index in [-0.39, 0.29) is 0 Å². The molecule has 1 aliphatic carbocycles. The van der Waals surface area contributed by atoms with E-state index in [1.54, 1.807) is 0 Å². The molecule has 82 valence electrons. The van der Waals surface area contributed by atoms with E-state index in [0.29, 0.717) is 5.02 Å². The predicted octanol–water partition coefficient (Wildman–Crippen LogP) is 3.74. The van der Waals surface area contributed by atoms with Crippen LogP contribution in [0.1, 0.15) is 38.2 Å². The van der Waals surface area contributed by atoms with E-state index < -0.39 is 5.60 Å². The van der Waals surface area contributed by atoms with E-state index >= 15 is 0 Å². The number of hydrogen-bond acceptors (Lipinski definition) is 1. The van der Waals surface area contributed by atoms with Gasteiger partial charge in [-0.05, 0) is 37.7 Å². The highest BCUT2D eigenvalue weighted by atomic mass is 35.5. The zero-order valence-corrected chi connectivity index (χ0v) is 9.80. The van der Waals surface area contributed by atoms with Crippen LogP contribution < -0.4 is 0 Å². The maximum atomic E-state index is 10.6. The van der Waals surface area contributed by atoms with Crippen molar-refractivity contribution in [2.24, 2.45) is 5.92 Å². The van der Waals surface area contributed by atoms with Crippen LogP contribution in [-0.2, 0) is 5.60 Å². The van der Waals surface area contributed by atoms with Crippen LogP contribution in [0, 0.1) is 5.92 Å². The number of benzene rings is 1. The predicted molar refractivity (Wildman–Crippen MR) is 63.0 cm³/mol. The van der Waals surface area contributed by atoms with E-state index in [1.807, 2.05) is 24.3 Å². The molecule has 1 aliphatic rings. The molecule has 1 nitrogen and oxygen atoms in total. The van der Waals surface area contributed by atoms with Crippen molar-refractivity contribution in [3.8, 4) is 0 Å². The van der Waals surface area contributed by atoms with E-state index in [0.717, 1.165) is 37.2 Å². The Morgan fingerprint density at radius 1 is 1.27 bits per heavy atom. The Kier molecular flexibility index (Phi) is 3.03. The molecular formula is C13H17ClO. The summed E-state index contributed by atoms with van der Waals surface area (Å²) in [5.41, 5.74) is 0.212. The lowest BCUT2D eigenvalue weighted by molar-refractivity contribution is -0.0119. The first-order valence-corrected chi connectivity index (χ1v) is 5.97. The number of hydrogen-bond donors (Lipinski definition) is 1. The van der Waals surface area contributed by atoms with Gasteiger partial charge >= 0.3 is 0 Å². The Morgan fingerprint density at radius 2 is 1.87 bits per heavy atom. The van der Waals surface area contributed by atoms with Gasteiger partial charge in [0.25, 0.3) is 0 Å². The number of aliphatic hydroxyl groups is 1. The molecule has 0 radical (unpaired) electrons. The lowest BCUT2D eigenvalue weighted by atomic mass is 9.76. The minimum absolute atomic E-state index is 0.689. The molecule has 0 saturated heterocycles. The van der Waals surface area contributed by atoms with Gasteiger partial charge in [0.05, 0.1) is 5.60 Å². The first kappa shape index (κ1) is 11.0. The van der Waals surface area contributed by atoms with Gasteiger partial charge in [0.2, 0.25) is 0 Å². The summed E-state index contributed by atoms with van der Waals surface area (Å²) in [7, 11) is 0. The van der Waals surface area contributed by atoms with E-state index in [1.165, 1.54) is 0 Å². The summed E-state index contributed by atoms with van der Waals surface area (Å²) in [4.78, 5) is 0. The Labute approximate surface area is 96.1 Å². The summed E-state index contributed by atoms with van der Waals surface area (Å²) in [6.45, 7) is 2.24. The molecule has 1 aromatic rings. The van der Waals surface area contributed by atoms with Crippen molar-refractivity contribution in [3.63, 3.8) is 0 Å². The molecule has 0 atom stereocenters. The van der Waals surface area contributed by atoms with Crippen molar-refractivity contribution < 1.29 is 5.11 Å². The molecule has 0 unspecified atom stereocenters. The van der Waals surface area contributed by atoms with Crippen LogP contribution in [0.2, 0.25) is 5.02 Å². The lowest BCUT2D eigenvalue weighted by Gasteiger charge is -2.35. The molecule has 0 heterocycles. The minimum Gasteiger partial charge on any atom is -0.385 e. The van der Waals surface area contributed by atoms with E-state index in [4.69, 9.17) is 11.6 Å². The quantitative estimate of drug-likeness (QED) is 0.771. The van der Waals surface area contributed by atoms with Crippen LogP contribution in [0.15, 0.2) is 24.3 Å². The van der Waals surface area contributed by atoms with Crippen LogP contribution in [0.5, 0.6) is 0 Å². The molecule has 0 bridgehead atoms. The van der Waals surface area contributed by atoms with Gasteiger partial charge in [-0.15, -0.1) is 0 Å². The molecule has 1 N–H and O–H groups in total. The summed E-state index contributed by atoms with van der Waals surface area (Å²) in [5, 5.41) is 11.2. The summed E-state index contributed by atoms with van der Waals surface area (Å²) < 4.78 is 0. The van der Waals surface area contributed by atoms with Crippen molar-refractivity contribution in [1.29, 1.82) is 0 Å². The average molecular weight is 225 g/mol. The first-order chi connectivity index (χ1) is 7.12. The van der Waals surface area contributed by atoms with Gasteiger partial charge in [0.1, 0.15) is 0 Å². The highest BCUT2D eigenvalue weighted by Gasteiger charge is 2.34. The maximum absolute atomic E-state index is 10.6. The van der Waals surface area contributed by atoms with Crippen molar-refractivity contribution in [2.45, 2.75) is 38.2 Å². The fourth-order valence-electron chi connectivity index (χ4n) is 2.35. The number of rotatable bonds is 1. The summed E-state index contributed by atoms with van der Waals surface area (Å²) in [6, 6.07) is 7.64. The second-order valence-electron chi connectivity index (χ2n) is 4.69. The van der Waals surface area contributed by atoms with Crippen molar-refractivity contribution in [3.05, 3.63) is 34.9 Å². The highest BCUT2D eigenvalue weighted by Crippen LogP contribution is 2.41. The average Bonchev–Trinajstić information content (AvgIpc) is 2.23. The van der Waals surface area contributed by atoms with Crippen molar-refractivity contribution in [1.82, 2.24) is 0 Å². The van der Waals surface area contributed by atoms with Crippen LogP contribution in [-0.4, -0.2) is 5.11 Å². The van der Waals surface area contributed by atoms with Crippen molar-refractivity contribution >= 4 is 11.6 Å². The van der Waals surface area contributed by atoms with Gasteiger partial charge in [0, 0.05) is 10.6 Å². The SMILES string of the molecule is CC1CCC(O)(c2ccccc2Cl)CC1. The second-order valence-corrected chi connectivity index (χ2v) is 5.10. The van der Waals surface area contributed by atoms with Gasteiger partial charge < -0.3 is 5.11 Å². The molecule has 2 heteroatoms. The Balaban J connectivity index is 2.26. The summed E-state index contributed by atoms with van der Waals surface area (Å²) in [6.07, 6.45) is 3.83. The Morgan fingerprint density at radius 3 is 2.47 bits per heavy atom. The third-order valence-electron chi connectivity index (χ3n) is 3.48. The minimum atomic E-state index is -0.690. The molecule has 0 aromatic heterocycles. The largest absolute Gasteiger partial charge is 0.385 e. The summed E-state index contributed by atoms with van der Waals surface area (Å²) in [5.74, 6) is 0.729. The van der Waals surface area contributed by atoms with Gasteiger partial charge in [0.15, 0.2) is 0 Å². The van der Waals surface area contributed by atoms with Gasteiger partial charge in [-0.2, -0.15) is 0 Å². The van der Waals surface area contributed by atoms with Crippen LogP contribution in [0.3, 0.4) is 0 Å². The Bertz CT molecular complexity index is 340. The smallest absolute Gasteiger partial charge is 0.0911 e. The second kappa shape index (κ2) is 4.15. The molecule has 15 heavy (non-hydrogen) atoms. The molecule has 2 rings (SSSR count). The molecule has 0 spiro atoms. The lowest BCUT2D eigenvalue weighted by Crippen LogP contribution is -2.31. The maximum Gasteiger partial charge on any atom is 0.0911 e. The summed E-state index contributed by atoms with van der Waals surface area (Å²) >= 11 is 6.12. The first-order valence-electron chi connectivity index (χ1n) is 5.59. The van der Waals surface area contributed by atoms with E-state index in [9.17, 15) is 5.11 Å². The monoisotopic (exact) mass is 224 g/mol. The molecular weight excluding hydrogens is 208 g/mol. The third-order valence-corrected chi connectivity index (χ3v) is 3.81. The number of halogens is 1. The van der Waals surface area contributed by atoms with Crippen LogP contribution >= 0.6 is 11.6 Å². The molecule has 0 amide bonds. The Hall–Kier alpha value is -0.530. The standard InChI is InChI=1S/C13H17ClO/c1-10-6-8-13(15,9-7-10)11-4-2-3-5-12(11)14/h2-5,10,15H,6-9H2,1H3.